The van der Waals surface area contributed by atoms with Gasteiger partial charge in [0.05, 0.1) is 0 Å². The van der Waals surface area contributed by atoms with Crippen LogP contribution in [0.25, 0.3) is 11.1 Å². The fourth-order valence-corrected chi connectivity index (χ4v) is 24.4. The molecule has 0 saturated carbocycles. The second-order valence-electron chi connectivity index (χ2n) is 14.8. The third-order valence-corrected chi connectivity index (χ3v) is 26.6. The second-order valence-corrected chi connectivity index (χ2v) is 27.6. The maximum absolute atomic E-state index is 5.72. The number of hydrogen-bond donors (Lipinski definition) is 0. The quantitative estimate of drug-likeness (QED) is 0.171. The molecule has 0 amide bonds. The average Bonchev–Trinajstić information content (AvgIpc) is 3.65. The van der Waals surface area contributed by atoms with Gasteiger partial charge in [-0.2, -0.15) is 0 Å². The molecule has 0 bridgehead atoms. The number of hydrogen-bond acceptors (Lipinski definition) is 0. The summed E-state index contributed by atoms with van der Waals surface area (Å²) in [6.45, 7) is 16.4. The first-order chi connectivity index (χ1) is 19.9. The van der Waals surface area contributed by atoms with Crippen LogP contribution in [0.2, 0.25) is 0 Å². The number of aryl methyl sites for hydroxylation is 1. The molecule has 6 rings (SSSR count). The van der Waals surface area contributed by atoms with Crippen LogP contribution < -0.4 is 9.81 Å². The van der Waals surface area contributed by atoms with Crippen LogP contribution in [0.3, 0.4) is 0 Å². The number of rotatable bonds is 5. The Morgan fingerprint density at radius 2 is 1.36 bits per heavy atom. The zero-order valence-corrected chi connectivity index (χ0v) is 31.6. The molecule has 2 aliphatic rings. The zero-order valence-electron chi connectivity index (χ0n) is 27.5. The predicted molar refractivity (Wildman–Crippen MR) is 197 cm³/mol. The van der Waals surface area contributed by atoms with Crippen molar-refractivity contribution in [2.24, 2.45) is 0 Å². The summed E-state index contributed by atoms with van der Waals surface area (Å²) in [5.74, 6) is 0. The molecule has 4 aromatic rings. The monoisotopic (exact) mass is 700 g/mol. The van der Waals surface area contributed by atoms with Gasteiger partial charge in [-0.1, -0.05) is 0 Å². The Hall–Kier alpha value is -2.31. The van der Waals surface area contributed by atoms with E-state index < -0.39 is 18.3 Å². The summed E-state index contributed by atoms with van der Waals surface area (Å²) in [6.07, 6.45) is 10.0. The molecule has 0 aliphatic heterocycles. The third-order valence-electron chi connectivity index (χ3n) is 10.2. The van der Waals surface area contributed by atoms with Crippen molar-refractivity contribution in [3.63, 3.8) is 0 Å². The van der Waals surface area contributed by atoms with Crippen LogP contribution in [0, 0.1) is 0 Å². The van der Waals surface area contributed by atoms with E-state index >= 15 is 0 Å². The normalized spacial score (nSPS) is 14.3. The van der Waals surface area contributed by atoms with Gasteiger partial charge in [0.2, 0.25) is 0 Å². The van der Waals surface area contributed by atoms with Crippen LogP contribution in [-0.2, 0) is 42.0 Å². The minimum atomic E-state index is -4.77. The molecule has 0 nitrogen and oxygen atoms in total. The summed E-state index contributed by atoms with van der Waals surface area (Å²) in [5, 5.41) is 0. The van der Waals surface area contributed by atoms with E-state index in [2.05, 4.69) is 152 Å². The van der Waals surface area contributed by atoms with Crippen LogP contribution in [0.5, 0.6) is 0 Å². The molecular weight excluding hydrogens is 655 g/mol. The van der Waals surface area contributed by atoms with E-state index in [1.165, 1.54) is 48.8 Å². The average molecular weight is 703 g/mol. The number of halogens is 2. The van der Waals surface area contributed by atoms with E-state index in [1.807, 2.05) is 0 Å². The minimum absolute atomic E-state index is 0. The van der Waals surface area contributed by atoms with Crippen molar-refractivity contribution < 1.29 is 18.3 Å². The van der Waals surface area contributed by atoms with Crippen LogP contribution in [0.4, 0.5) is 0 Å². The van der Waals surface area contributed by atoms with E-state index in [4.69, 9.17) is 4.21 Å². The first kappa shape index (κ1) is 34.6. The van der Waals surface area contributed by atoms with E-state index in [9.17, 15) is 0 Å². The van der Waals surface area contributed by atoms with Gasteiger partial charge in [-0.05, 0) is 0 Å². The summed E-state index contributed by atoms with van der Waals surface area (Å²) in [7, 11) is 0. The fourth-order valence-electron chi connectivity index (χ4n) is 7.76. The van der Waals surface area contributed by atoms with Crippen molar-refractivity contribution in [2.75, 3.05) is 0 Å². The van der Waals surface area contributed by atoms with Gasteiger partial charge in [0.15, 0.2) is 0 Å². The van der Waals surface area contributed by atoms with E-state index in [1.54, 1.807) is 3.27 Å². The van der Waals surface area contributed by atoms with Crippen LogP contribution in [0.1, 0.15) is 82.7 Å². The Bertz CT molecular complexity index is 1810. The topological polar surface area (TPSA) is 0 Å². The van der Waals surface area contributed by atoms with Gasteiger partial charge >= 0.3 is 256 Å². The number of allylic oxidation sites excluding steroid dienone is 4. The van der Waals surface area contributed by atoms with Crippen LogP contribution in [0.15, 0.2) is 106 Å². The summed E-state index contributed by atoms with van der Waals surface area (Å²) >= 11 is -4.77. The molecular formula is C41H48Cl2Zr. The van der Waals surface area contributed by atoms with Gasteiger partial charge in [0.25, 0.3) is 0 Å². The number of benzene rings is 4. The van der Waals surface area contributed by atoms with Gasteiger partial charge in [-0.15, -0.1) is 24.8 Å². The van der Waals surface area contributed by atoms with Crippen molar-refractivity contribution in [1.29, 1.82) is 0 Å². The SMILES string of the molecule is Cl.Cl.[CH2]=[Zr]([C]1=CC=CC1)([c]1ccccc1)([c]1ccc(CC)cc1)[c]1c(C(C)(C)C)ccc2c1Cc1cc(C(C)(C)C)ccc1-2. The standard InChI is InChI=1S/C21H25.C8H9.C6H5.C5H5.CH2.2ClH.Zr/c1-20(2,3)16-7-9-18-14(12-16)11-15-13-17(21(4,5)6)8-10-19(15)18;1-2-8-6-4-3-5-7-8;1-2-4-6-5-3-1;1-2-4-5-3-1;;;;/h7-10,12H,11H2,1-6H3;4-7H,2H2,1H3;1-5H;1-3H,4H2;1H2;2*1H;. The summed E-state index contributed by atoms with van der Waals surface area (Å²) < 4.78 is 11.7. The Balaban J connectivity index is 0.00000221. The third kappa shape index (κ3) is 5.22. The van der Waals surface area contributed by atoms with Gasteiger partial charge in [-0.25, -0.2) is 0 Å². The summed E-state index contributed by atoms with van der Waals surface area (Å²) in [5.41, 5.74) is 10.1. The summed E-state index contributed by atoms with van der Waals surface area (Å²) in [6, 6.07) is 33.2. The molecule has 230 valence electrons. The van der Waals surface area contributed by atoms with Gasteiger partial charge in [-0.3, -0.25) is 0 Å². The summed E-state index contributed by atoms with van der Waals surface area (Å²) in [4.78, 5) is 0. The molecule has 0 unspecified atom stereocenters. The van der Waals surface area contributed by atoms with E-state index in [-0.39, 0.29) is 35.6 Å². The Morgan fingerprint density at radius 1 is 0.727 bits per heavy atom. The van der Waals surface area contributed by atoms with E-state index in [0.717, 1.165) is 19.3 Å². The second kappa shape index (κ2) is 12.1. The fraction of sp³-hybridized carbons (Fsp3) is 0.293. The van der Waals surface area contributed by atoms with Crippen molar-refractivity contribution in [1.82, 2.24) is 0 Å². The van der Waals surface area contributed by atoms with Crippen molar-refractivity contribution in [2.45, 2.75) is 78.6 Å². The van der Waals surface area contributed by atoms with Crippen molar-refractivity contribution in [3.8, 4) is 11.1 Å². The van der Waals surface area contributed by atoms with Gasteiger partial charge in [0.1, 0.15) is 0 Å². The number of fused-ring (bicyclic) bond motifs is 3. The maximum atomic E-state index is 5.72. The molecule has 4 aromatic carbocycles. The van der Waals surface area contributed by atoms with Crippen molar-refractivity contribution >= 4 is 38.8 Å². The van der Waals surface area contributed by atoms with Gasteiger partial charge < -0.3 is 0 Å². The zero-order chi connectivity index (χ0) is 29.9. The molecule has 0 radical (unpaired) electrons. The van der Waals surface area contributed by atoms with Crippen LogP contribution >= 0.6 is 24.8 Å². The molecule has 2 aliphatic carbocycles. The Morgan fingerprint density at radius 3 is 1.93 bits per heavy atom. The Kier molecular flexibility index (Phi) is 9.53. The molecule has 0 aromatic heterocycles. The molecule has 3 heteroatoms. The van der Waals surface area contributed by atoms with Crippen LogP contribution in [-0.4, -0.2) is 4.21 Å². The molecule has 0 heterocycles. The molecule has 0 atom stereocenters. The first-order valence-corrected chi connectivity index (χ1v) is 22.4. The molecule has 44 heavy (non-hydrogen) atoms. The molecule has 0 fully saturated rings. The van der Waals surface area contributed by atoms with Crippen molar-refractivity contribution in [3.05, 3.63) is 134 Å². The van der Waals surface area contributed by atoms with E-state index in [0.29, 0.717) is 0 Å². The predicted octanol–water partition coefficient (Wildman–Crippen LogP) is 9.50. The molecule has 0 saturated heterocycles. The first-order valence-electron chi connectivity index (χ1n) is 15.7. The Labute approximate surface area is 279 Å². The molecule has 0 spiro atoms. The molecule has 0 N–H and O–H groups in total. The van der Waals surface area contributed by atoms with Gasteiger partial charge in [0, 0.05) is 0 Å².